The molecular weight excluding hydrogens is 158 g/mol. The molecule has 0 bridgehead atoms. The second-order valence-corrected chi connectivity index (χ2v) is 3.51. The molecule has 1 aliphatic heterocycles. The van der Waals surface area contributed by atoms with Crippen LogP contribution < -0.4 is 0 Å². The van der Waals surface area contributed by atoms with Gasteiger partial charge in [0, 0.05) is 19.3 Å². The summed E-state index contributed by atoms with van der Waals surface area (Å²) in [5.74, 6) is 1.11. The Labute approximate surface area is 69.5 Å². The van der Waals surface area contributed by atoms with E-state index in [2.05, 4.69) is 9.98 Å². The number of aliphatic imine (C=N–C) groups is 1. The zero-order valence-electron chi connectivity index (χ0n) is 6.32. The van der Waals surface area contributed by atoms with Gasteiger partial charge in [-0.2, -0.15) is 0 Å². The molecule has 0 radical (unpaired) electrons. The molecule has 0 saturated heterocycles. The summed E-state index contributed by atoms with van der Waals surface area (Å²) in [4.78, 5) is 8.39. The summed E-state index contributed by atoms with van der Waals surface area (Å²) in [7, 11) is 1.99. The van der Waals surface area contributed by atoms with Crippen LogP contribution in [-0.2, 0) is 7.05 Å². The van der Waals surface area contributed by atoms with E-state index in [0.29, 0.717) is 0 Å². The molecule has 0 atom stereocenters. The predicted octanol–water partition coefficient (Wildman–Crippen LogP) is 0.913. The number of aryl methyl sites for hydroxylation is 1. The van der Waals surface area contributed by atoms with Crippen molar-refractivity contribution in [3.8, 4) is 0 Å². The molecule has 0 spiro atoms. The number of hydrogen-bond donors (Lipinski definition) is 0. The van der Waals surface area contributed by atoms with Crippen molar-refractivity contribution in [2.75, 3.05) is 12.3 Å². The largest absolute Gasteiger partial charge is 0.332 e. The van der Waals surface area contributed by atoms with Crippen LogP contribution in [0, 0.1) is 0 Å². The van der Waals surface area contributed by atoms with Crippen molar-refractivity contribution < 1.29 is 0 Å². The maximum Gasteiger partial charge on any atom is 0.116 e. The normalized spacial score (nSPS) is 17.0. The van der Waals surface area contributed by atoms with Crippen LogP contribution in [0.2, 0.25) is 0 Å². The second-order valence-electron chi connectivity index (χ2n) is 2.43. The summed E-state index contributed by atoms with van der Waals surface area (Å²) >= 11 is 1.80. The Morgan fingerprint density at radius 1 is 1.64 bits per heavy atom. The Morgan fingerprint density at radius 3 is 3.09 bits per heavy atom. The van der Waals surface area contributed by atoms with Crippen LogP contribution in [0.5, 0.6) is 0 Å². The van der Waals surface area contributed by atoms with Gasteiger partial charge in [0.05, 0.1) is 18.2 Å². The lowest BCUT2D eigenvalue weighted by Gasteiger charge is -1.98. The van der Waals surface area contributed by atoms with Gasteiger partial charge in [0.2, 0.25) is 0 Å². The number of thioether (sulfide) groups is 1. The van der Waals surface area contributed by atoms with Gasteiger partial charge in [0.1, 0.15) is 5.04 Å². The average Bonchev–Trinajstić information content (AvgIpc) is 2.55. The van der Waals surface area contributed by atoms with E-state index in [9.17, 15) is 0 Å². The lowest BCUT2D eigenvalue weighted by atomic mass is 10.5. The summed E-state index contributed by atoms with van der Waals surface area (Å²) in [6.45, 7) is 0.950. The van der Waals surface area contributed by atoms with Crippen molar-refractivity contribution in [2.24, 2.45) is 12.0 Å². The molecule has 2 rings (SSSR count). The minimum Gasteiger partial charge on any atom is -0.332 e. The molecule has 2 heterocycles. The van der Waals surface area contributed by atoms with Crippen LogP contribution in [0.1, 0.15) is 5.69 Å². The van der Waals surface area contributed by atoms with E-state index in [1.807, 2.05) is 17.8 Å². The molecule has 11 heavy (non-hydrogen) atoms. The Morgan fingerprint density at radius 2 is 2.55 bits per heavy atom. The highest BCUT2D eigenvalue weighted by Crippen LogP contribution is 2.17. The van der Waals surface area contributed by atoms with Crippen LogP contribution in [0.15, 0.2) is 17.5 Å². The van der Waals surface area contributed by atoms with Crippen molar-refractivity contribution in [3.05, 3.63) is 18.2 Å². The van der Waals surface area contributed by atoms with Gasteiger partial charge in [-0.05, 0) is 0 Å². The summed E-state index contributed by atoms with van der Waals surface area (Å²) in [6.07, 6.45) is 3.66. The highest BCUT2D eigenvalue weighted by Gasteiger charge is 2.11. The number of nitrogens with zero attached hydrogens (tertiary/aromatic N) is 3. The lowest BCUT2D eigenvalue weighted by Crippen LogP contribution is -1.99. The maximum absolute atomic E-state index is 4.36. The molecule has 0 unspecified atom stereocenters. The van der Waals surface area contributed by atoms with Gasteiger partial charge in [-0.1, -0.05) is 0 Å². The first kappa shape index (κ1) is 6.91. The lowest BCUT2D eigenvalue weighted by molar-refractivity contribution is 0.904. The Hall–Kier alpha value is -0.770. The topological polar surface area (TPSA) is 30.2 Å². The highest BCUT2D eigenvalue weighted by atomic mass is 32.2. The Bertz CT molecular complexity index is 290. The molecule has 3 nitrogen and oxygen atoms in total. The van der Waals surface area contributed by atoms with Crippen LogP contribution in [0.3, 0.4) is 0 Å². The minimum atomic E-state index is 0.950. The van der Waals surface area contributed by atoms with Gasteiger partial charge in [-0.25, -0.2) is 4.98 Å². The van der Waals surface area contributed by atoms with Gasteiger partial charge in [-0.15, -0.1) is 11.8 Å². The standard InChI is InChI=1S/C7H9N3S/c1-10-5-8-4-6(10)7-9-2-3-11-7/h4-5H,2-3H2,1H3. The van der Waals surface area contributed by atoms with Crippen molar-refractivity contribution in [3.63, 3.8) is 0 Å². The number of aromatic nitrogens is 2. The van der Waals surface area contributed by atoms with E-state index < -0.39 is 0 Å². The summed E-state index contributed by atoms with van der Waals surface area (Å²) < 4.78 is 2.00. The summed E-state index contributed by atoms with van der Waals surface area (Å²) in [5.41, 5.74) is 1.13. The SMILES string of the molecule is Cn1cncc1C1=NCCS1. The molecule has 1 aliphatic rings. The fourth-order valence-corrected chi connectivity index (χ4v) is 1.96. The molecule has 0 aliphatic carbocycles. The van der Waals surface area contributed by atoms with Crippen molar-refractivity contribution in [1.29, 1.82) is 0 Å². The van der Waals surface area contributed by atoms with Crippen LogP contribution in [-0.4, -0.2) is 26.9 Å². The molecular formula is C7H9N3S. The minimum absolute atomic E-state index is 0.950. The van der Waals surface area contributed by atoms with E-state index in [-0.39, 0.29) is 0 Å². The second kappa shape index (κ2) is 2.70. The smallest absolute Gasteiger partial charge is 0.116 e. The third kappa shape index (κ3) is 1.18. The number of hydrogen-bond acceptors (Lipinski definition) is 3. The number of rotatable bonds is 1. The quantitative estimate of drug-likeness (QED) is 0.622. The van der Waals surface area contributed by atoms with E-state index in [1.54, 1.807) is 18.1 Å². The molecule has 0 saturated carbocycles. The molecule has 0 fully saturated rings. The fraction of sp³-hybridized carbons (Fsp3) is 0.429. The van der Waals surface area contributed by atoms with Gasteiger partial charge in [0.25, 0.3) is 0 Å². The predicted molar refractivity (Wildman–Crippen MR) is 47.1 cm³/mol. The van der Waals surface area contributed by atoms with Crippen LogP contribution in [0.4, 0.5) is 0 Å². The summed E-state index contributed by atoms with van der Waals surface area (Å²) in [5, 5.41) is 1.13. The highest BCUT2D eigenvalue weighted by molar-refractivity contribution is 8.14. The van der Waals surface area contributed by atoms with Crippen molar-refractivity contribution in [1.82, 2.24) is 9.55 Å². The van der Waals surface area contributed by atoms with Crippen LogP contribution >= 0.6 is 11.8 Å². The van der Waals surface area contributed by atoms with Crippen LogP contribution in [0.25, 0.3) is 0 Å². The molecule has 4 heteroatoms. The van der Waals surface area contributed by atoms with E-state index in [4.69, 9.17) is 0 Å². The van der Waals surface area contributed by atoms with E-state index in [1.165, 1.54) is 0 Å². The third-order valence-electron chi connectivity index (χ3n) is 1.62. The van der Waals surface area contributed by atoms with Gasteiger partial charge >= 0.3 is 0 Å². The molecule has 0 aromatic carbocycles. The average molecular weight is 167 g/mol. The van der Waals surface area contributed by atoms with E-state index >= 15 is 0 Å². The monoisotopic (exact) mass is 167 g/mol. The van der Waals surface area contributed by atoms with Crippen molar-refractivity contribution >= 4 is 16.8 Å². The third-order valence-corrected chi connectivity index (χ3v) is 2.62. The first-order valence-electron chi connectivity index (χ1n) is 3.52. The van der Waals surface area contributed by atoms with Gasteiger partial charge in [0.15, 0.2) is 0 Å². The molecule has 0 N–H and O–H groups in total. The first-order chi connectivity index (χ1) is 5.38. The fourth-order valence-electron chi connectivity index (χ4n) is 1.05. The molecule has 58 valence electrons. The van der Waals surface area contributed by atoms with Gasteiger partial charge < -0.3 is 4.57 Å². The maximum atomic E-state index is 4.36. The molecule has 1 aromatic rings. The van der Waals surface area contributed by atoms with Gasteiger partial charge in [-0.3, -0.25) is 4.99 Å². The Balaban J connectivity index is 2.35. The molecule has 1 aromatic heterocycles. The zero-order chi connectivity index (χ0) is 7.68. The summed E-state index contributed by atoms with van der Waals surface area (Å²) in [6, 6.07) is 0. The number of imidazole rings is 1. The zero-order valence-corrected chi connectivity index (χ0v) is 7.14. The molecule has 0 amide bonds. The Kier molecular flexibility index (Phi) is 1.69. The van der Waals surface area contributed by atoms with E-state index in [0.717, 1.165) is 23.0 Å². The van der Waals surface area contributed by atoms with Crippen molar-refractivity contribution in [2.45, 2.75) is 0 Å². The first-order valence-corrected chi connectivity index (χ1v) is 4.50.